The first-order valence-corrected chi connectivity index (χ1v) is 4.77. The molecule has 1 rings (SSSR count). The third-order valence-corrected chi connectivity index (χ3v) is 1.76. The van der Waals surface area contributed by atoms with Crippen molar-refractivity contribution < 1.29 is 14.3 Å². The second kappa shape index (κ2) is 6.58. The molecule has 0 saturated carbocycles. The molecule has 0 radical (unpaired) electrons. The molecule has 5 nitrogen and oxygen atoms in total. The second-order valence-electron chi connectivity index (χ2n) is 2.90. The van der Waals surface area contributed by atoms with Gasteiger partial charge in [-0.2, -0.15) is 0 Å². The van der Waals surface area contributed by atoms with E-state index in [0.717, 1.165) is 0 Å². The van der Waals surface area contributed by atoms with Gasteiger partial charge in [0.15, 0.2) is 0 Å². The van der Waals surface area contributed by atoms with Crippen LogP contribution in [0, 0.1) is 0 Å². The van der Waals surface area contributed by atoms with Gasteiger partial charge in [0.05, 0.1) is 12.8 Å². The highest BCUT2D eigenvalue weighted by molar-refractivity contribution is 5.92. The topological polar surface area (TPSA) is 60.5 Å². The molecule has 1 aromatic rings. The van der Waals surface area contributed by atoms with Crippen LogP contribution in [0.4, 0.5) is 0 Å². The first-order valence-electron chi connectivity index (χ1n) is 4.77. The Morgan fingerprint density at radius 3 is 2.94 bits per heavy atom. The van der Waals surface area contributed by atoms with Gasteiger partial charge in [-0.1, -0.05) is 6.58 Å². The number of hydrogen-bond acceptors (Lipinski definition) is 4. The molecule has 1 heterocycles. The average Bonchev–Trinajstić information content (AvgIpc) is 2.30. The van der Waals surface area contributed by atoms with Crippen LogP contribution in [-0.4, -0.2) is 31.2 Å². The molecular formula is C11H14N2O3. The van der Waals surface area contributed by atoms with Gasteiger partial charge >= 0.3 is 0 Å². The van der Waals surface area contributed by atoms with Gasteiger partial charge in [-0.25, -0.2) is 4.98 Å². The highest BCUT2D eigenvalue weighted by Gasteiger charge is 2.04. The molecule has 0 atom stereocenters. The van der Waals surface area contributed by atoms with Crippen LogP contribution in [0.5, 0.6) is 5.75 Å². The van der Waals surface area contributed by atoms with Crippen molar-refractivity contribution in [3.8, 4) is 5.75 Å². The Labute approximate surface area is 94.1 Å². The van der Waals surface area contributed by atoms with Crippen molar-refractivity contribution in [3.05, 3.63) is 36.8 Å². The molecule has 0 bridgehead atoms. The van der Waals surface area contributed by atoms with E-state index in [1.807, 2.05) is 0 Å². The SMILES string of the molecule is C=CNC(=O)c1ccc(OCCOC)cn1. The minimum absolute atomic E-state index is 0.293. The highest BCUT2D eigenvalue weighted by atomic mass is 16.5. The van der Waals surface area contributed by atoms with E-state index in [4.69, 9.17) is 9.47 Å². The fourth-order valence-corrected chi connectivity index (χ4v) is 1.01. The van der Waals surface area contributed by atoms with Gasteiger partial charge in [-0.3, -0.25) is 4.79 Å². The summed E-state index contributed by atoms with van der Waals surface area (Å²) in [6, 6.07) is 3.27. The van der Waals surface area contributed by atoms with Gasteiger partial charge in [0.2, 0.25) is 0 Å². The van der Waals surface area contributed by atoms with E-state index in [0.29, 0.717) is 24.7 Å². The standard InChI is InChI=1S/C11H14N2O3/c1-3-12-11(14)10-5-4-9(8-13-10)16-7-6-15-2/h3-5,8H,1,6-7H2,2H3,(H,12,14). The Balaban J connectivity index is 2.53. The van der Waals surface area contributed by atoms with Crippen molar-refractivity contribution in [2.45, 2.75) is 0 Å². The Hall–Kier alpha value is -1.88. The van der Waals surface area contributed by atoms with Crippen molar-refractivity contribution >= 4 is 5.91 Å². The van der Waals surface area contributed by atoms with Crippen LogP contribution < -0.4 is 10.1 Å². The summed E-state index contributed by atoms with van der Waals surface area (Å²) < 4.78 is 10.1. The van der Waals surface area contributed by atoms with Crippen molar-refractivity contribution in [3.63, 3.8) is 0 Å². The number of methoxy groups -OCH3 is 1. The van der Waals surface area contributed by atoms with E-state index in [1.165, 1.54) is 12.4 Å². The van der Waals surface area contributed by atoms with Crippen LogP contribution in [-0.2, 0) is 4.74 Å². The molecule has 1 aromatic heterocycles. The van der Waals surface area contributed by atoms with Crippen LogP contribution in [0.2, 0.25) is 0 Å². The van der Waals surface area contributed by atoms with Crippen LogP contribution in [0.1, 0.15) is 10.5 Å². The number of nitrogens with zero attached hydrogens (tertiary/aromatic N) is 1. The molecule has 0 fully saturated rings. The molecule has 0 aliphatic heterocycles. The fourth-order valence-electron chi connectivity index (χ4n) is 1.01. The summed E-state index contributed by atoms with van der Waals surface area (Å²) in [4.78, 5) is 15.3. The van der Waals surface area contributed by atoms with Crippen LogP contribution in [0.15, 0.2) is 31.1 Å². The molecule has 0 spiro atoms. The summed E-state index contributed by atoms with van der Waals surface area (Å²) in [5.74, 6) is 0.311. The van der Waals surface area contributed by atoms with Gasteiger partial charge in [0.1, 0.15) is 18.1 Å². The second-order valence-corrected chi connectivity index (χ2v) is 2.90. The molecule has 16 heavy (non-hydrogen) atoms. The minimum Gasteiger partial charge on any atom is -0.490 e. The van der Waals surface area contributed by atoms with E-state index in [1.54, 1.807) is 19.2 Å². The van der Waals surface area contributed by atoms with E-state index < -0.39 is 0 Å². The van der Waals surface area contributed by atoms with Crippen molar-refractivity contribution in [2.75, 3.05) is 20.3 Å². The molecule has 0 aromatic carbocycles. The third kappa shape index (κ3) is 3.70. The summed E-state index contributed by atoms with van der Waals surface area (Å²) in [6.07, 6.45) is 2.81. The average molecular weight is 222 g/mol. The van der Waals surface area contributed by atoms with Crippen molar-refractivity contribution in [1.82, 2.24) is 10.3 Å². The molecule has 5 heteroatoms. The monoisotopic (exact) mass is 222 g/mol. The quantitative estimate of drug-likeness (QED) is 0.729. The fraction of sp³-hybridized carbons (Fsp3) is 0.273. The molecule has 0 aliphatic carbocycles. The van der Waals surface area contributed by atoms with Crippen molar-refractivity contribution in [2.24, 2.45) is 0 Å². The first kappa shape index (κ1) is 12.2. The maximum Gasteiger partial charge on any atom is 0.273 e. The molecule has 1 N–H and O–H groups in total. The summed E-state index contributed by atoms with van der Waals surface area (Å²) in [5, 5.41) is 2.44. The normalized spacial score (nSPS) is 9.56. The number of aromatic nitrogens is 1. The number of rotatable bonds is 6. The number of pyridine rings is 1. The number of carbonyl (C=O) groups is 1. The molecule has 1 amide bonds. The lowest BCUT2D eigenvalue weighted by Gasteiger charge is -2.05. The first-order chi connectivity index (χ1) is 7.77. The van der Waals surface area contributed by atoms with Crippen LogP contribution in [0.3, 0.4) is 0 Å². The molecule has 0 aliphatic rings. The lowest BCUT2D eigenvalue weighted by Crippen LogP contribution is -2.17. The maximum atomic E-state index is 11.3. The zero-order chi connectivity index (χ0) is 11.8. The number of amides is 1. The minimum atomic E-state index is -0.293. The molecule has 0 unspecified atom stereocenters. The summed E-state index contributed by atoms with van der Waals surface area (Å²) in [5.41, 5.74) is 0.319. The Bertz CT molecular complexity index is 349. The molecular weight excluding hydrogens is 208 g/mol. The molecule has 86 valence electrons. The Kier molecular flexibility index (Phi) is 5.01. The van der Waals surface area contributed by atoms with Crippen molar-refractivity contribution in [1.29, 1.82) is 0 Å². The van der Waals surface area contributed by atoms with Gasteiger partial charge in [0.25, 0.3) is 5.91 Å². The third-order valence-electron chi connectivity index (χ3n) is 1.76. The summed E-state index contributed by atoms with van der Waals surface area (Å²) >= 11 is 0. The maximum absolute atomic E-state index is 11.3. The smallest absolute Gasteiger partial charge is 0.273 e. The number of carbonyl (C=O) groups excluding carboxylic acids is 1. The molecule has 0 saturated heterocycles. The van der Waals surface area contributed by atoms with Gasteiger partial charge in [0, 0.05) is 7.11 Å². The summed E-state index contributed by atoms with van der Waals surface area (Å²) in [6.45, 7) is 4.36. The predicted octanol–water partition coefficient (Wildman–Crippen LogP) is 0.980. The van der Waals surface area contributed by atoms with E-state index in [2.05, 4.69) is 16.9 Å². The highest BCUT2D eigenvalue weighted by Crippen LogP contribution is 2.08. The predicted molar refractivity (Wildman–Crippen MR) is 59.3 cm³/mol. The Morgan fingerprint density at radius 2 is 2.38 bits per heavy atom. The lowest BCUT2D eigenvalue weighted by atomic mass is 10.3. The van der Waals surface area contributed by atoms with Crippen LogP contribution >= 0.6 is 0 Å². The van der Waals surface area contributed by atoms with Gasteiger partial charge in [-0.05, 0) is 18.3 Å². The van der Waals surface area contributed by atoms with Gasteiger partial charge < -0.3 is 14.8 Å². The Morgan fingerprint density at radius 1 is 1.56 bits per heavy atom. The largest absolute Gasteiger partial charge is 0.490 e. The van der Waals surface area contributed by atoms with E-state index >= 15 is 0 Å². The number of ether oxygens (including phenoxy) is 2. The zero-order valence-corrected chi connectivity index (χ0v) is 9.10. The van der Waals surface area contributed by atoms with Crippen LogP contribution in [0.25, 0.3) is 0 Å². The zero-order valence-electron chi connectivity index (χ0n) is 9.10. The summed E-state index contributed by atoms with van der Waals surface area (Å²) in [7, 11) is 1.60. The number of hydrogen-bond donors (Lipinski definition) is 1. The van der Waals surface area contributed by atoms with E-state index in [-0.39, 0.29) is 5.91 Å². The van der Waals surface area contributed by atoms with Gasteiger partial charge in [-0.15, -0.1) is 0 Å². The van der Waals surface area contributed by atoms with E-state index in [9.17, 15) is 4.79 Å². The lowest BCUT2D eigenvalue weighted by molar-refractivity contribution is 0.0965. The number of nitrogens with one attached hydrogen (secondary N) is 1.